The summed E-state index contributed by atoms with van der Waals surface area (Å²) in [6, 6.07) is 3.71. The van der Waals surface area contributed by atoms with Crippen molar-refractivity contribution >= 4 is 45.7 Å². The topological polar surface area (TPSA) is 54.4 Å². The van der Waals surface area contributed by atoms with Gasteiger partial charge in [0.1, 0.15) is 4.90 Å². The van der Waals surface area contributed by atoms with Gasteiger partial charge in [-0.2, -0.15) is 8.42 Å². The number of hydrogen-bond donors (Lipinski definition) is 1. The van der Waals surface area contributed by atoms with Gasteiger partial charge < -0.3 is 0 Å². The Bertz CT molecular complexity index is 402. The van der Waals surface area contributed by atoms with Crippen LogP contribution in [0.3, 0.4) is 0 Å². The lowest BCUT2D eigenvalue weighted by Gasteiger charge is -1.99. The second-order valence-electron chi connectivity index (χ2n) is 2.05. The molecule has 0 saturated heterocycles. The summed E-state index contributed by atoms with van der Waals surface area (Å²) >= 11 is 11.0. The lowest BCUT2D eigenvalue weighted by Crippen LogP contribution is -1.98. The van der Waals surface area contributed by atoms with Crippen molar-refractivity contribution in [2.45, 2.75) is 4.90 Å². The SMILES string of the molecule is Cl.O=S(=O)(O)c1ccc(Cl)cc1Cl. The Labute approximate surface area is 91.8 Å². The zero-order chi connectivity index (χ0) is 9.35. The van der Waals surface area contributed by atoms with Gasteiger partial charge >= 0.3 is 0 Å². The molecule has 0 aromatic heterocycles. The smallest absolute Gasteiger partial charge is 0.282 e. The van der Waals surface area contributed by atoms with Gasteiger partial charge in [0.2, 0.25) is 0 Å². The molecule has 0 bridgehead atoms. The van der Waals surface area contributed by atoms with Gasteiger partial charge in [-0.05, 0) is 18.2 Å². The van der Waals surface area contributed by atoms with E-state index in [0.29, 0.717) is 5.02 Å². The molecule has 0 aliphatic rings. The molecule has 0 aliphatic heterocycles. The van der Waals surface area contributed by atoms with E-state index in [0.717, 1.165) is 6.07 Å². The number of halogens is 3. The Morgan fingerprint density at radius 1 is 1.23 bits per heavy atom. The van der Waals surface area contributed by atoms with Crippen molar-refractivity contribution in [2.75, 3.05) is 0 Å². The van der Waals surface area contributed by atoms with Crippen molar-refractivity contribution in [3.8, 4) is 0 Å². The molecule has 0 heterocycles. The Morgan fingerprint density at radius 2 is 1.77 bits per heavy atom. The predicted molar refractivity (Wildman–Crippen MR) is 53.5 cm³/mol. The van der Waals surface area contributed by atoms with E-state index in [-0.39, 0.29) is 22.3 Å². The summed E-state index contributed by atoms with van der Waals surface area (Å²) < 4.78 is 29.8. The van der Waals surface area contributed by atoms with Gasteiger partial charge in [0, 0.05) is 5.02 Å². The first-order valence-electron chi connectivity index (χ1n) is 2.84. The highest BCUT2D eigenvalue weighted by molar-refractivity contribution is 7.86. The van der Waals surface area contributed by atoms with Gasteiger partial charge in [0.25, 0.3) is 10.1 Å². The summed E-state index contributed by atoms with van der Waals surface area (Å²) in [5.74, 6) is 0. The lowest BCUT2D eigenvalue weighted by atomic mass is 10.4. The summed E-state index contributed by atoms with van der Waals surface area (Å²) in [5.41, 5.74) is 0. The van der Waals surface area contributed by atoms with Gasteiger partial charge in [0.05, 0.1) is 5.02 Å². The molecule has 7 heteroatoms. The van der Waals surface area contributed by atoms with E-state index in [2.05, 4.69) is 0 Å². The van der Waals surface area contributed by atoms with Crippen LogP contribution in [0.1, 0.15) is 0 Å². The second-order valence-corrected chi connectivity index (χ2v) is 4.28. The maximum absolute atomic E-state index is 10.6. The molecule has 0 unspecified atom stereocenters. The molecule has 0 spiro atoms. The number of rotatable bonds is 1. The van der Waals surface area contributed by atoms with E-state index in [1.165, 1.54) is 12.1 Å². The Balaban J connectivity index is 0.00000144. The predicted octanol–water partition coefficient (Wildman–Crippen LogP) is 2.66. The van der Waals surface area contributed by atoms with Crippen LogP contribution in [-0.4, -0.2) is 13.0 Å². The highest BCUT2D eigenvalue weighted by Gasteiger charge is 2.13. The van der Waals surface area contributed by atoms with Crippen LogP contribution in [0.5, 0.6) is 0 Å². The third kappa shape index (κ3) is 3.32. The zero-order valence-corrected chi connectivity index (χ0v) is 9.21. The lowest BCUT2D eigenvalue weighted by molar-refractivity contribution is 0.483. The second kappa shape index (κ2) is 4.48. The minimum Gasteiger partial charge on any atom is -0.282 e. The minimum absolute atomic E-state index is 0. The molecule has 0 atom stereocenters. The van der Waals surface area contributed by atoms with Crippen molar-refractivity contribution in [1.82, 2.24) is 0 Å². The van der Waals surface area contributed by atoms with Gasteiger partial charge in [-0.15, -0.1) is 12.4 Å². The summed E-state index contributed by atoms with van der Waals surface area (Å²) in [4.78, 5) is -0.339. The quantitative estimate of drug-likeness (QED) is 0.793. The number of hydrogen-bond acceptors (Lipinski definition) is 2. The van der Waals surface area contributed by atoms with E-state index in [9.17, 15) is 8.42 Å². The van der Waals surface area contributed by atoms with Crippen LogP contribution in [0, 0.1) is 0 Å². The molecule has 1 aromatic carbocycles. The first-order chi connectivity index (χ1) is 5.41. The normalized spacial score (nSPS) is 10.7. The van der Waals surface area contributed by atoms with Gasteiger partial charge in [-0.25, -0.2) is 0 Å². The molecule has 1 aromatic rings. The molecule has 13 heavy (non-hydrogen) atoms. The molecule has 1 rings (SSSR count). The Morgan fingerprint density at radius 3 is 2.15 bits per heavy atom. The standard InChI is InChI=1S/C6H4Cl2O3S.ClH/c7-4-1-2-6(5(8)3-4)12(9,10)11;/h1-3H,(H,9,10,11);1H. The molecule has 0 fully saturated rings. The van der Waals surface area contributed by atoms with Crippen LogP contribution in [0.4, 0.5) is 0 Å². The highest BCUT2D eigenvalue weighted by Crippen LogP contribution is 2.24. The van der Waals surface area contributed by atoms with Crippen LogP contribution >= 0.6 is 35.6 Å². The van der Waals surface area contributed by atoms with E-state index in [1.807, 2.05) is 0 Å². The molecular formula is C6H5Cl3O3S. The van der Waals surface area contributed by atoms with Crippen LogP contribution in [0.15, 0.2) is 23.1 Å². The third-order valence-electron chi connectivity index (χ3n) is 1.17. The molecule has 74 valence electrons. The largest absolute Gasteiger partial charge is 0.296 e. The molecule has 3 nitrogen and oxygen atoms in total. The highest BCUT2D eigenvalue weighted by atomic mass is 35.5. The molecule has 0 radical (unpaired) electrons. The van der Waals surface area contributed by atoms with Crippen LogP contribution in [0.25, 0.3) is 0 Å². The Kier molecular flexibility index (Phi) is 4.48. The van der Waals surface area contributed by atoms with Crippen LogP contribution in [0.2, 0.25) is 10.0 Å². The van der Waals surface area contributed by atoms with Crippen molar-refractivity contribution in [1.29, 1.82) is 0 Å². The van der Waals surface area contributed by atoms with E-state index < -0.39 is 10.1 Å². The van der Waals surface area contributed by atoms with E-state index in [4.69, 9.17) is 27.8 Å². The fourth-order valence-electron chi connectivity index (χ4n) is 0.684. The molecule has 0 saturated carbocycles. The van der Waals surface area contributed by atoms with Crippen LogP contribution < -0.4 is 0 Å². The molecule has 0 amide bonds. The van der Waals surface area contributed by atoms with Crippen molar-refractivity contribution in [3.63, 3.8) is 0 Å². The van der Waals surface area contributed by atoms with Crippen LogP contribution in [-0.2, 0) is 10.1 Å². The zero-order valence-electron chi connectivity index (χ0n) is 6.07. The van der Waals surface area contributed by atoms with Crippen molar-refractivity contribution in [2.24, 2.45) is 0 Å². The summed E-state index contributed by atoms with van der Waals surface area (Å²) in [6.07, 6.45) is 0. The fourth-order valence-corrected chi connectivity index (χ4v) is 1.93. The van der Waals surface area contributed by atoms with Gasteiger partial charge in [-0.1, -0.05) is 23.2 Å². The van der Waals surface area contributed by atoms with Crippen molar-refractivity contribution in [3.05, 3.63) is 28.2 Å². The summed E-state index contributed by atoms with van der Waals surface area (Å²) in [5, 5.41) is 0.220. The molecule has 0 aliphatic carbocycles. The fraction of sp³-hybridized carbons (Fsp3) is 0. The maximum atomic E-state index is 10.6. The Hall–Kier alpha value is -0.000000000000000111. The first-order valence-corrected chi connectivity index (χ1v) is 5.03. The summed E-state index contributed by atoms with van der Waals surface area (Å²) in [7, 11) is -4.24. The molecular weight excluding hydrogens is 258 g/mol. The van der Waals surface area contributed by atoms with Gasteiger partial charge in [0.15, 0.2) is 0 Å². The third-order valence-corrected chi connectivity index (χ3v) is 2.74. The molecule has 1 N–H and O–H groups in total. The van der Waals surface area contributed by atoms with E-state index >= 15 is 0 Å². The van der Waals surface area contributed by atoms with Gasteiger partial charge in [-0.3, -0.25) is 4.55 Å². The monoisotopic (exact) mass is 262 g/mol. The van der Waals surface area contributed by atoms with Crippen molar-refractivity contribution < 1.29 is 13.0 Å². The summed E-state index contributed by atoms with van der Waals surface area (Å²) in [6.45, 7) is 0. The maximum Gasteiger partial charge on any atom is 0.296 e. The first kappa shape index (κ1) is 13.0. The van der Waals surface area contributed by atoms with E-state index in [1.54, 1.807) is 0 Å². The average molecular weight is 264 g/mol. The average Bonchev–Trinajstić information content (AvgIpc) is 1.83. The number of benzene rings is 1. The minimum atomic E-state index is -4.24.